The molecule has 1 N–H and O–H groups in total. The van der Waals surface area contributed by atoms with Gasteiger partial charge in [-0.3, -0.25) is 9.78 Å². The molecule has 0 saturated carbocycles. The number of ether oxygens (including phenoxy) is 1. The van der Waals surface area contributed by atoms with Gasteiger partial charge in [0.25, 0.3) is 5.91 Å². The number of hydrogen-bond acceptors (Lipinski definition) is 7. The van der Waals surface area contributed by atoms with Gasteiger partial charge in [0.15, 0.2) is 0 Å². The van der Waals surface area contributed by atoms with E-state index in [0.717, 1.165) is 24.2 Å². The van der Waals surface area contributed by atoms with Crippen LogP contribution < -0.4 is 10.1 Å². The molecule has 26 heavy (non-hydrogen) atoms. The van der Waals surface area contributed by atoms with E-state index >= 15 is 0 Å². The average Bonchev–Trinajstić information content (AvgIpc) is 3.25. The van der Waals surface area contributed by atoms with Crippen molar-refractivity contribution in [1.29, 1.82) is 0 Å². The zero-order valence-corrected chi connectivity index (χ0v) is 15.1. The smallest absolute Gasteiger partial charge is 0.263 e. The van der Waals surface area contributed by atoms with Crippen LogP contribution in [0.2, 0.25) is 0 Å². The fraction of sp³-hybridized carbons (Fsp3) is 0.294. The van der Waals surface area contributed by atoms with Gasteiger partial charge >= 0.3 is 0 Å². The lowest BCUT2D eigenvalue weighted by molar-refractivity contribution is 0.0957. The van der Waals surface area contributed by atoms with Crippen LogP contribution in [0.15, 0.2) is 28.9 Å². The van der Waals surface area contributed by atoms with Gasteiger partial charge in [0.05, 0.1) is 17.5 Å². The molecule has 0 aliphatic carbocycles. The maximum atomic E-state index is 13.1. The number of carbonyl (C=O) groups is 1. The van der Waals surface area contributed by atoms with Gasteiger partial charge in [-0.15, -0.1) is 0 Å². The van der Waals surface area contributed by atoms with Gasteiger partial charge in [-0.2, -0.15) is 4.37 Å². The molecule has 0 bridgehead atoms. The third-order valence-electron chi connectivity index (χ3n) is 3.57. The number of pyridine rings is 1. The largest absolute Gasteiger partial charge is 0.472 e. The topological polar surface area (TPSA) is 90.1 Å². The Labute approximate surface area is 153 Å². The van der Waals surface area contributed by atoms with Crippen LogP contribution in [0.5, 0.6) is 5.88 Å². The highest BCUT2D eigenvalue weighted by Crippen LogP contribution is 2.26. The number of nitrogens with one attached hydrogen (secondary N) is 1. The number of carbonyl (C=O) groups excluding carboxylic acids is 1. The van der Waals surface area contributed by atoms with E-state index < -0.39 is 5.82 Å². The zero-order valence-electron chi connectivity index (χ0n) is 14.3. The van der Waals surface area contributed by atoms with Crippen molar-refractivity contribution in [3.8, 4) is 17.3 Å². The Balaban J connectivity index is 1.71. The van der Waals surface area contributed by atoms with Crippen molar-refractivity contribution in [2.75, 3.05) is 6.54 Å². The van der Waals surface area contributed by atoms with Crippen molar-refractivity contribution < 1.29 is 18.4 Å². The fourth-order valence-corrected chi connectivity index (χ4v) is 2.79. The molecule has 9 heteroatoms. The summed E-state index contributed by atoms with van der Waals surface area (Å²) in [5.74, 6) is 0.317. The van der Waals surface area contributed by atoms with E-state index in [4.69, 9.17) is 9.26 Å². The molecule has 0 aliphatic rings. The summed E-state index contributed by atoms with van der Waals surface area (Å²) in [5.41, 5.74) is 1.66. The second kappa shape index (κ2) is 8.05. The molecular formula is C17H17FN4O3S. The summed E-state index contributed by atoms with van der Waals surface area (Å²) >= 11 is 1.07. The van der Waals surface area contributed by atoms with Crippen LogP contribution in [0.3, 0.4) is 0 Å². The number of amides is 1. The summed E-state index contributed by atoms with van der Waals surface area (Å²) in [6.45, 7) is 4.49. The number of halogens is 1. The SMILES string of the molecule is CCCNC(=O)c1cc(OCc2c(-c3ccc(F)cn3)noc2C)ns1. The lowest BCUT2D eigenvalue weighted by Crippen LogP contribution is -2.22. The molecule has 0 unspecified atom stereocenters. The highest BCUT2D eigenvalue weighted by Gasteiger charge is 2.18. The van der Waals surface area contributed by atoms with Crippen LogP contribution >= 0.6 is 11.5 Å². The van der Waals surface area contributed by atoms with E-state index in [1.807, 2.05) is 6.92 Å². The molecule has 0 aromatic carbocycles. The molecule has 0 atom stereocenters. The maximum absolute atomic E-state index is 13.1. The second-order valence-corrected chi connectivity index (χ2v) is 6.31. The van der Waals surface area contributed by atoms with Crippen LogP contribution in [0.4, 0.5) is 4.39 Å². The first-order valence-corrected chi connectivity index (χ1v) is 8.80. The van der Waals surface area contributed by atoms with Gasteiger partial charge in [0.2, 0.25) is 5.88 Å². The molecule has 1 amide bonds. The van der Waals surface area contributed by atoms with E-state index in [1.165, 1.54) is 12.1 Å². The number of hydrogen-bond donors (Lipinski definition) is 1. The number of nitrogens with zero attached hydrogens (tertiary/aromatic N) is 3. The summed E-state index contributed by atoms with van der Waals surface area (Å²) < 4.78 is 28.1. The molecule has 136 valence electrons. The average molecular weight is 376 g/mol. The lowest BCUT2D eigenvalue weighted by atomic mass is 10.1. The fourth-order valence-electron chi connectivity index (χ4n) is 2.18. The third-order valence-corrected chi connectivity index (χ3v) is 4.34. The van der Waals surface area contributed by atoms with E-state index in [9.17, 15) is 9.18 Å². The maximum Gasteiger partial charge on any atom is 0.263 e. The van der Waals surface area contributed by atoms with Crippen LogP contribution in [-0.2, 0) is 6.61 Å². The van der Waals surface area contributed by atoms with Crippen molar-refractivity contribution in [1.82, 2.24) is 19.8 Å². The Kier molecular flexibility index (Phi) is 5.57. The summed E-state index contributed by atoms with van der Waals surface area (Å²) in [6.07, 6.45) is 1.98. The minimum Gasteiger partial charge on any atom is -0.472 e. The predicted octanol–water partition coefficient (Wildman–Crippen LogP) is 3.36. The zero-order chi connectivity index (χ0) is 18.5. The first kappa shape index (κ1) is 18.0. The van der Waals surface area contributed by atoms with Crippen molar-refractivity contribution in [3.63, 3.8) is 0 Å². The Morgan fingerprint density at radius 3 is 3.00 bits per heavy atom. The summed E-state index contributed by atoms with van der Waals surface area (Å²) in [4.78, 5) is 16.4. The van der Waals surface area contributed by atoms with Gasteiger partial charge in [-0.1, -0.05) is 12.1 Å². The van der Waals surface area contributed by atoms with E-state index in [0.29, 0.717) is 40.0 Å². The third kappa shape index (κ3) is 4.05. The molecule has 3 heterocycles. The molecular weight excluding hydrogens is 359 g/mol. The Morgan fingerprint density at radius 1 is 1.42 bits per heavy atom. The highest BCUT2D eigenvalue weighted by atomic mass is 32.1. The van der Waals surface area contributed by atoms with E-state index in [1.54, 1.807) is 13.0 Å². The van der Waals surface area contributed by atoms with Gasteiger partial charge in [0.1, 0.15) is 28.8 Å². The van der Waals surface area contributed by atoms with Crippen molar-refractivity contribution >= 4 is 17.4 Å². The first-order chi connectivity index (χ1) is 12.6. The van der Waals surface area contributed by atoms with Crippen LogP contribution in [0.1, 0.15) is 34.3 Å². The summed E-state index contributed by atoms with van der Waals surface area (Å²) in [6, 6.07) is 4.42. The normalized spacial score (nSPS) is 10.7. The van der Waals surface area contributed by atoms with Gasteiger partial charge in [-0.05, 0) is 37.0 Å². The molecule has 3 aromatic heterocycles. The van der Waals surface area contributed by atoms with Crippen LogP contribution in [-0.4, -0.2) is 27.0 Å². The van der Waals surface area contributed by atoms with Crippen LogP contribution in [0.25, 0.3) is 11.4 Å². The molecule has 0 aliphatic heterocycles. The van der Waals surface area contributed by atoms with Crippen LogP contribution in [0, 0.1) is 12.7 Å². The van der Waals surface area contributed by atoms with E-state index in [-0.39, 0.29) is 12.5 Å². The standard InChI is InChI=1S/C17H17FN4O3S/c1-3-6-19-17(23)14-7-15(22-26-14)24-9-12-10(2)25-21-16(12)13-5-4-11(18)8-20-13/h4-5,7-8H,3,6,9H2,1-2H3,(H,19,23). The summed E-state index contributed by atoms with van der Waals surface area (Å²) in [5, 5.41) is 6.76. The monoisotopic (exact) mass is 376 g/mol. The van der Waals surface area contributed by atoms with Gasteiger partial charge in [0, 0.05) is 12.6 Å². The highest BCUT2D eigenvalue weighted by molar-refractivity contribution is 7.08. The number of aryl methyl sites for hydroxylation is 1. The number of aromatic nitrogens is 3. The minimum atomic E-state index is -0.428. The second-order valence-electron chi connectivity index (χ2n) is 5.50. The van der Waals surface area contributed by atoms with Crippen molar-refractivity contribution in [2.45, 2.75) is 26.9 Å². The number of rotatable bonds is 7. The first-order valence-electron chi connectivity index (χ1n) is 8.03. The molecule has 3 rings (SSSR count). The Bertz CT molecular complexity index is 892. The molecule has 0 fully saturated rings. The van der Waals surface area contributed by atoms with Crippen molar-refractivity contribution in [3.05, 3.63) is 46.4 Å². The summed E-state index contributed by atoms with van der Waals surface area (Å²) in [7, 11) is 0. The molecule has 7 nitrogen and oxygen atoms in total. The predicted molar refractivity (Wildman–Crippen MR) is 93.5 cm³/mol. The molecule has 3 aromatic rings. The molecule has 0 saturated heterocycles. The van der Waals surface area contributed by atoms with Gasteiger partial charge in [-0.25, -0.2) is 4.39 Å². The lowest BCUT2D eigenvalue weighted by Gasteiger charge is -2.03. The van der Waals surface area contributed by atoms with Crippen molar-refractivity contribution in [2.24, 2.45) is 0 Å². The molecule has 0 spiro atoms. The van der Waals surface area contributed by atoms with Gasteiger partial charge < -0.3 is 14.6 Å². The Morgan fingerprint density at radius 2 is 2.27 bits per heavy atom. The quantitative estimate of drug-likeness (QED) is 0.680. The minimum absolute atomic E-state index is 0.142. The Hall–Kier alpha value is -2.81. The van der Waals surface area contributed by atoms with E-state index in [2.05, 4.69) is 19.8 Å². The molecule has 0 radical (unpaired) electrons.